The average Bonchev–Trinajstić information content (AvgIpc) is 2.96. The molecule has 3 rings (SSSR count). The van der Waals surface area contributed by atoms with Gasteiger partial charge in [0.05, 0.1) is 21.7 Å². The van der Waals surface area contributed by atoms with E-state index in [1.807, 2.05) is 0 Å². The number of rotatable bonds is 5. The molecule has 0 radical (unpaired) electrons. The van der Waals surface area contributed by atoms with Gasteiger partial charge in [-0.3, -0.25) is 4.79 Å². The van der Waals surface area contributed by atoms with Crippen LogP contribution < -0.4 is 5.32 Å². The first kappa shape index (κ1) is 20.3. The fourth-order valence-corrected chi connectivity index (χ4v) is 3.81. The van der Waals surface area contributed by atoms with Gasteiger partial charge in [-0.2, -0.15) is 0 Å². The maximum Gasteiger partial charge on any atom is 0.335 e. The first-order valence-corrected chi connectivity index (χ1v) is 10.6. The topological polar surface area (TPSA) is 105 Å². The molecule has 3 aromatic rings. The van der Waals surface area contributed by atoms with Crippen LogP contribution in [0.1, 0.15) is 26.3 Å². The second kappa shape index (κ2) is 7.56. The number of benzene rings is 2. The summed E-state index contributed by atoms with van der Waals surface area (Å²) in [5.41, 5.74) is 3.22. The number of carbonyl (C=O) groups excluding carboxylic acids is 1. The van der Waals surface area contributed by atoms with Crippen molar-refractivity contribution < 1.29 is 23.1 Å². The number of carbonyl (C=O) groups is 2. The summed E-state index contributed by atoms with van der Waals surface area (Å²) < 4.78 is 24.9. The molecule has 0 unspecified atom stereocenters. The van der Waals surface area contributed by atoms with Crippen molar-refractivity contribution in [1.29, 1.82) is 0 Å². The largest absolute Gasteiger partial charge is 0.478 e. The van der Waals surface area contributed by atoms with E-state index in [1.54, 1.807) is 42.9 Å². The Morgan fingerprint density at radius 2 is 1.72 bits per heavy atom. The summed E-state index contributed by atoms with van der Waals surface area (Å²) in [7, 11) is -1.52. The maximum atomic E-state index is 12.8. The molecule has 2 aromatic carbocycles. The molecule has 150 valence electrons. The summed E-state index contributed by atoms with van der Waals surface area (Å²) >= 11 is 0. The van der Waals surface area contributed by atoms with E-state index in [-0.39, 0.29) is 16.4 Å². The SMILES string of the molecule is Cc1c(C(=O)Nc2ccc(S(C)(=O)=O)cc2)cn(C)c1-c1cccc(C(=O)O)c1. The molecule has 0 saturated carbocycles. The molecule has 0 atom stereocenters. The average molecular weight is 412 g/mol. The zero-order valence-corrected chi connectivity index (χ0v) is 16.9. The number of anilines is 1. The highest BCUT2D eigenvalue weighted by Gasteiger charge is 2.19. The van der Waals surface area contributed by atoms with Gasteiger partial charge >= 0.3 is 5.97 Å². The second-order valence-electron chi connectivity index (χ2n) is 6.76. The monoisotopic (exact) mass is 412 g/mol. The number of sulfone groups is 1. The smallest absolute Gasteiger partial charge is 0.335 e. The Balaban J connectivity index is 1.91. The molecule has 29 heavy (non-hydrogen) atoms. The molecule has 1 amide bonds. The summed E-state index contributed by atoms with van der Waals surface area (Å²) in [6.07, 6.45) is 2.80. The molecule has 1 heterocycles. The van der Waals surface area contributed by atoms with Crippen molar-refractivity contribution in [2.45, 2.75) is 11.8 Å². The van der Waals surface area contributed by atoms with Crippen molar-refractivity contribution in [3.05, 3.63) is 71.4 Å². The number of carboxylic acid groups (broad SMARTS) is 1. The highest BCUT2D eigenvalue weighted by atomic mass is 32.2. The lowest BCUT2D eigenvalue weighted by atomic mass is 10.0. The molecule has 1 aromatic heterocycles. The van der Waals surface area contributed by atoms with Gasteiger partial charge in [-0.25, -0.2) is 13.2 Å². The molecule has 0 spiro atoms. The Bertz CT molecular complexity index is 1210. The fraction of sp³-hybridized carbons (Fsp3) is 0.143. The molecule has 7 nitrogen and oxygen atoms in total. The standard InChI is InChI=1S/C21H20N2O5S/c1-13-18(20(24)22-16-7-9-17(10-8-16)29(3,27)28)12-23(2)19(13)14-5-4-6-15(11-14)21(25)26/h4-12H,1-3H3,(H,22,24)(H,25,26). The summed E-state index contributed by atoms with van der Waals surface area (Å²) in [4.78, 5) is 24.2. The third-order valence-electron chi connectivity index (χ3n) is 4.60. The molecule has 0 aliphatic rings. The van der Waals surface area contributed by atoms with Gasteiger partial charge in [0.15, 0.2) is 9.84 Å². The minimum atomic E-state index is -3.31. The molecule has 0 aliphatic heterocycles. The van der Waals surface area contributed by atoms with E-state index in [0.29, 0.717) is 22.4 Å². The predicted octanol–water partition coefficient (Wildman–Crippen LogP) is 3.35. The molecular formula is C21H20N2O5S. The molecule has 0 aliphatic carbocycles. The lowest BCUT2D eigenvalue weighted by Crippen LogP contribution is -2.12. The first-order valence-electron chi connectivity index (χ1n) is 8.69. The van der Waals surface area contributed by atoms with E-state index in [1.165, 1.54) is 30.3 Å². The Kier molecular flexibility index (Phi) is 5.30. The fourth-order valence-electron chi connectivity index (χ4n) is 3.18. The Hall–Kier alpha value is -3.39. The lowest BCUT2D eigenvalue weighted by molar-refractivity contribution is 0.0696. The summed E-state index contributed by atoms with van der Waals surface area (Å²) in [5, 5.41) is 12.0. The van der Waals surface area contributed by atoms with Gasteiger partial charge in [0.2, 0.25) is 0 Å². The molecule has 0 bridgehead atoms. The van der Waals surface area contributed by atoms with E-state index in [0.717, 1.165) is 11.9 Å². The van der Waals surface area contributed by atoms with E-state index in [4.69, 9.17) is 0 Å². The number of aryl methyl sites for hydroxylation is 1. The van der Waals surface area contributed by atoms with Crippen LogP contribution in [0.3, 0.4) is 0 Å². The minimum absolute atomic E-state index is 0.167. The van der Waals surface area contributed by atoms with Crippen molar-refractivity contribution in [2.75, 3.05) is 11.6 Å². The van der Waals surface area contributed by atoms with Crippen molar-refractivity contribution in [3.63, 3.8) is 0 Å². The van der Waals surface area contributed by atoms with Crippen molar-refractivity contribution in [1.82, 2.24) is 4.57 Å². The summed E-state index contributed by atoms with van der Waals surface area (Å²) in [6.45, 7) is 1.80. The minimum Gasteiger partial charge on any atom is -0.478 e. The molecule has 0 saturated heterocycles. The third kappa shape index (κ3) is 4.22. The van der Waals surface area contributed by atoms with Crippen molar-refractivity contribution >= 4 is 27.4 Å². The Morgan fingerprint density at radius 1 is 1.07 bits per heavy atom. The van der Waals surface area contributed by atoms with E-state index in [2.05, 4.69) is 5.32 Å². The van der Waals surface area contributed by atoms with E-state index >= 15 is 0 Å². The van der Waals surface area contributed by atoms with Gasteiger partial charge in [0.1, 0.15) is 0 Å². The lowest BCUT2D eigenvalue weighted by Gasteiger charge is -2.08. The van der Waals surface area contributed by atoms with Gasteiger partial charge in [-0.05, 0) is 54.4 Å². The number of nitrogens with one attached hydrogen (secondary N) is 1. The number of hydrogen-bond acceptors (Lipinski definition) is 4. The van der Waals surface area contributed by atoms with Crippen LogP contribution in [0.4, 0.5) is 5.69 Å². The van der Waals surface area contributed by atoms with Crippen LogP contribution in [0.25, 0.3) is 11.3 Å². The first-order chi connectivity index (χ1) is 13.6. The van der Waals surface area contributed by atoms with Gasteiger partial charge in [-0.15, -0.1) is 0 Å². The van der Waals surface area contributed by atoms with Crippen LogP contribution in [0, 0.1) is 6.92 Å². The van der Waals surface area contributed by atoms with E-state index in [9.17, 15) is 23.1 Å². The number of nitrogens with zero attached hydrogens (tertiary/aromatic N) is 1. The zero-order valence-electron chi connectivity index (χ0n) is 16.1. The third-order valence-corrected chi connectivity index (χ3v) is 5.73. The maximum absolute atomic E-state index is 12.8. The predicted molar refractivity (Wildman–Crippen MR) is 110 cm³/mol. The van der Waals surface area contributed by atoms with Gasteiger partial charge in [-0.1, -0.05) is 12.1 Å². The Labute approximate surface area is 168 Å². The number of amides is 1. The summed E-state index contributed by atoms with van der Waals surface area (Å²) in [5.74, 6) is -1.36. The number of aromatic carboxylic acids is 1. The van der Waals surface area contributed by atoms with Crippen LogP contribution in [-0.4, -0.2) is 36.2 Å². The highest BCUT2D eigenvalue weighted by Crippen LogP contribution is 2.28. The normalized spacial score (nSPS) is 11.3. The second-order valence-corrected chi connectivity index (χ2v) is 8.78. The highest BCUT2D eigenvalue weighted by molar-refractivity contribution is 7.90. The zero-order chi connectivity index (χ0) is 21.3. The number of hydrogen-bond donors (Lipinski definition) is 2. The summed E-state index contributed by atoms with van der Waals surface area (Å²) in [6, 6.07) is 12.5. The molecular weight excluding hydrogens is 392 g/mol. The van der Waals surface area contributed by atoms with E-state index < -0.39 is 15.8 Å². The van der Waals surface area contributed by atoms with Gasteiger partial charge in [0.25, 0.3) is 5.91 Å². The van der Waals surface area contributed by atoms with Gasteiger partial charge < -0.3 is 15.0 Å². The van der Waals surface area contributed by atoms with Crippen molar-refractivity contribution in [3.8, 4) is 11.3 Å². The van der Waals surface area contributed by atoms with Crippen LogP contribution in [0.15, 0.2) is 59.6 Å². The van der Waals surface area contributed by atoms with Crippen LogP contribution >= 0.6 is 0 Å². The molecule has 8 heteroatoms. The van der Waals surface area contributed by atoms with Crippen LogP contribution in [-0.2, 0) is 16.9 Å². The van der Waals surface area contributed by atoms with Gasteiger partial charge in [0, 0.05) is 25.2 Å². The Morgan fingerprint density at radius 3 is 2.31 bits per heavy atom. The number of aromatic nitrogens is 1. The number of carboxylic acids is 1. The van der Waals surface area contributed by atoms with Crippen molar-refractivity contribution in [2.24, 2.45) is 7.05 Å². The van der Waals surface area contributed by atoms with Crippen LogP contribution in [0.5, 0.6) is 0 Å². The molecule has 0 fully saturated rings. The molecule has 2 N–H and O–H groups in total. The van der Waals surface area contributed by atoms with Crippen LogP contribution in [0.2, 0.25) is 0 Å². The quantitative estimate of drug-likeness (QED) is 0.669.